The summed E-state index contributed by atoms with van der Waals surface area (Å²) in [6, 6.07) is 7.82. The van der Waals surface area contributed by atoms with Gasteiger partial charge in [0.25, 0.3) is 0 Å². The molecular formula is C12H12N2. The molecule has 1 rings (SSSR count). The number of hydrogen-bond acceptors (Lipinski definition) is 2. The average molecular weight is 184 g/mol. The van der Waals surface area contributed by atoms with E-state index in [-0.39, 0.29) is 0 Å². The third-order valence-corrected chi connectivity index (χ3v) is 1.88. The molecule has 0 radical (unpaired) electrons. The number of anilines is 1. The van der Waals surface area contributed by atoms with Crippen LogP contribution in [0.3, 0.4) is 0 Å². The van der Waals surface area contributed by atoms with Crippen LogP contribution >= 0.6 is 0 Å². The number of nitriles is 1. The number of benzene rings is 1. The van der Waals surface area contributed by atoms with E-state index in [2.05, 4.69) is 17.3 Å². The van der Waals surface area contributed by atoms with Crippen molar-refractivity contribution in [2.45, 2.75) is 13.3 Å². The Bertz CT molecular complexity index is 394. The third kappa shape index (κ3) is 2.54. The molecule has 0 unspecified atom stereocenters. The van der Waals surface area contributed by atoms with Gasteiger partial charge in [-0.15, -0.1) is 12.3 Å². The molecule has 1 aromatic rings. The van der Waals surface area contributed by atoms with Crippen molar-refractivity contribution in [3.8, 4) is 18.4 Å². The Morgan fingerprint density at radius 3 is 2.93 bits per heavy atom. The highest BCUT2D eigenvalue weighted by molar-refractivity contribution is 5.58. The molecule has 0 aliphatic carbocycles. The molecule has 0 heterocycles. The maximum Gasteiger partial charge on any atom is 0.101 e. The molecule has 0 atom stereocenters. The van der Waals surface area contributed by atoms with E-state index in [4.69, 9.17) is 11.7 Å². The zero-order valence-electron chi connectivity index (χ0n) is 8.17. The normalized spacial score (nSPS) is 8.79. The molecule has 1 N–H and O–H groups in total. The van der Waals surface area contributed by atoms with Crippen molar-refractivity contribution in [3.05, 3.63) is 29.3 Å². The molecule has 1 aromatic carbocycles. The molecule has 14 heavy (non-hydrogen) atoms. The first kappa shape index (κ1) is 10.2. The molecule has 0 spiro atoms. The lowest BCUT2D eigenvalue weighted by atomic mass is 10.1. The van der Waals surface area contributed by atoms with Crippen LogP contribution in [0.1, 0.15) is 17.5 Å². The van der Waals surface area contributed by atoms with Crippen molar-refractivity contribution >= 4 is 5.69 Å². The summed E-state index contributed by atoms with van der Waals surface area (Å²) >= 11 is 0. The first-order chi connectivity index (χ1) is 6.77. The highest BCUT2D eigenvalue weighted by Gasteiger charge is 2.00. The van der Waals surface area contributed by atoms with Crippen LogP contribution < -0.4 is 5.32 Å². The van der Waals surface area contributed by atoms with Crippen molar-refractivity contribution in [1.82, 2.24) is 0 Å². The molecule has 2 heteroatoms. The van der Waals surface area contributed by atoms with Crippen LogP contribution in [-0.4, -0.2) is 6.54 Å². The summed E-state index contributed by atoms with van der Waals surface area (Å²) in [4.78, 5) is 0. The lowest BCUT2D eigenvalue weighted by Gasteiger charge is -2.06. The van der Waals surface area contributed by atoms with Crippen molar-refractivity contribution in [2.75, 3.05) is 11.9 Å². The molecule has 0 aliphatic rings. The Labute approximate surface area is 84.6 Å². The lowest BCUT2D eigenvalue weighted by Crippen LogP contribution is -2.02. The maximum absolute atomic E-state index is 8.84. The highest BCUT2D eigenvalue weighted by atomic mass is 14.9. The number of aryl methyl sites for hydroxylation is 1. The van der Waals surface area contributed by atoms with E-state index in [9.17, 15) is 0 Å². The fourth-order valence-electron chi connectivity index (χ4n) is 1.17. The summed E-state index contributed by atoms with van der Waals surface area (Å²) in [6.45, 7) is 2.70. The van der Waals surface area contributed by atoms with E-state index >= 15 is 0 Å². The number of hydrogen-bond donors (Lipinski definition) is 1. The van der Waals surface area contributed by atoms with Crippen molar-refractivity contribution in [2.24, 2.45) is 0 Å². The number of terminal acetylenes is 1. The van der Waals surface area contributed by atoms with Crippen LogP contribution in [0, 0.1) is 30.6 Å². The maximum atomic E-state index is 8.84. The molecule has 0 bridgehead atoms. The minimum atomic E-state index is 0.660. The minimum absolute atomic E-state index is 0.660. The van der Waals surface area contributed by atoms with Gasteiger partial charge in [-0.3, -0.25) is 0 Å². The second kappa shape index (κ2) is 4.94. The largest absolute Gasteiger partial charge is 0.383 e. The standard InChI is InChI=1S/C12H12N2/c1-3-4-7-14-12-8-10(2)5-6-11(12)9-13/h1,5-6,8,14H,4,7H2,2H3. The SMILES string of the molecule is C#CCCNc1cc(C)ccc1C#N. The molecular weight excluding hydrogens is 172 g/mol. The second-order valence-electron chi connectivity index (χ2n) is 3.04. The van der Waals surface area contributed by atoms with Gasteiger partial charge in [-0.25, -0.2) is 0 Å². The van der Waals surface area contributed by atoms with Crippen LogP contribution in [0.5, 0.6) is 0 Å². The minimum Gasteiger partial charge on any atom is -0.383 e. The quantitative estimate of drug-likeness (QED) is 0.578. The molecule has 0 aliphatic heterocycles. The van der Waals surface area contributed by atoms with Gasteiger partial charge in [-0.05, 0) is 24.6 Å². The van der Waals surface area contributed by atoms with Crippen LogP contribution in [-0.2, 0) is 0 Å². The summed E-state index contributed by atoms with van der Waals surface area (Å²) in [6.07, 6.45) is 5.80. The first-order valence-corrected chi connectivity index (χ1v) is 4.46. The summed E-state index contributed by atoms with van der Waals surface area (Å²) in [5.74, 6) is 2.54. The van der Waals surface area contributed by atoms with Gasteiger partial charge in [0.1, 0.15) is 6.07 Å². The zero-order chi connectivity index (χ0) is 10.4. The van der Waals surface area contributed by atoms with E-state index in [0.29, 0.717) is 18.5 Å². The van der Waals surface area contributed by atoms with Gasteiger partial charge < -0.3 is 5.32 Å². The van der Waals surface area contributed by atoms with Gasteiger partial charge in [0.15, 0.2) is 0 Å². The van der Waals surface area contributed by atoms with Crippen molar-refractivity contribution < 1.29 is 0 Å². The lowest BCUT2D eigenvalue weighted by molar-refractivity contribution is 1.09. The van der Waals surface area contributed by atoms with E-state index in [1.54, 1.807) is 0 Å². The highest BCUT2D eigenvalue weighted by Crippen LogP contribution is 2.16. The summed E-state index contributed by atoms with van der Waals surface area (Å²) in [7, 11) is 0. The van der Waals surface area contributed by atoms with Gasteiger partial charge in [0.2, 0.25) is 0 Å². The van der Waals surface area contributed by atoms with E-state index in [0.717, 1.165) is 11.3 Å². The van der Waals surface area contributed by atoms with Crippen LogP contribution in [0.4, 0.5) is 5.69 Å². The predicted molar refractivity (Wildman–Crippen MR) is 57.8 cm³/mol. The molecule has 70 valence electrons. The third-order valence-electron chi connectivity index (χ3n) is 1.88. The summed E-state index contributed by atoms with van der Waals surface area (Å²) in [5.41, 5.74) is 2.66. The molecule has 0 saturated heterocycles. The molecule has 0 amide bonds. The molecule has 0 fully saturated rings. The second-order valence-corrected chi connectivity index (χ2v) is 3.04. The first-order valence-electron chi connectivity index (χ1n) is 4.46. The monoisotopic (exact) mass is 184 g/mol. The number of nitrogens with one attached hydrogen (secondary N) is 1. The number of rotatable bonds is 3. The van der Waals surface area contributed by atoms with Crippen LogP contribution in [0.15, 0.2) is 18.2 Å². The Hall–Kier alpha value is -1.93. The Morgan fingerprint density at radius 1 is 1.50 bits per heavy atom. The molecule has 0 aromatic heterocycles. The molecule has 0 saturated carbocycles. The van der Waals surface area contributed by atoms with Gasteiger partial charge in [0, 0.05) is 13.0 Å². The smallest absolute Gasteiger partial charge is 0.101 e. The van der Waals surface area contributed by atoms with Gasteiger partial charge >= 0.3 is 0 Å². The topological polar surface area (TPSA) is 35.8 Å². The van der Waals surface area contributed by atoms with E-state index in [1.165, 1.54) is 0 Å². The Kier molecular flexibility index (Phi) is 3.58. The van der Waals surface area contributed by atoms with E-state index < -0.39 is 0 Å². The van der Waals surface area contributed by atoms with Crippen molar-refractivity contribution in [1.29, 1.82) is 5.26 Å². The van der Waals surface area contributed by atoms with Crippen molar-refractivity contribution in [3.63, 3.8) is 0 Å². The van der Waals surface area contributed by atoms with Gasteiger partial charge in [0.05, 0.1) is 11.3 Å². The average Bonchev–Trinajstić information content (AvgIpc) is 2.19. The fraction of sp³-hybridized carbons (Fsp3) is 0.250. The van der Waals surface area contributed by atoms with Crippen LogP contribution in [0.25, 0.3) is 0 Å². The van der Waals surface area contributed by atoms with Gasteiger partial charge in [-0.2, -0.15) is 5.26 Å². The number of nitrogens with zero attached hydrogens (tertiary/aromatic N) is 1. The Balaban J connectivity index is 2.80. The molecule has 2 nitrogen and oxygen atoms in total. The fourth-order valence-corrected chi connectivity index (χ4v) is 1.17. The van der Waals surface area contributed by atoms with Gasteiger partial charge in [-0.1, -0.05) is 6.07 Å². The predicted octanol–water partition coefficient (Wildman–Crippen LogP) is 2.30. The summed E-state index contributed by atoms with van der Waals surface area (Å²) in [5, 5.41) is 12.0. The van der Waals surface area contributed by atoms with Crippen LogP contribution in [0.2, 0.25) is 0 Å². The summed E-state index contributed by atoms with van der Waals surface area (Å²) < 4.78 is 0. The Morgan fingerprint density at radius 2 is 2.29 bits per heavy atom. The van der Waals surface area contributed by atoms with E-state index in [1.807, 2.05) is 25.1 Å². The zero-order valence-corrected chi connectivity index (χ0v) is 8.17.